The summed E-state index contributed by atoms with van der Waals surface area (Å²) < 4.78 is 0. The summed E-state index contributed by atoms with van der Waals surface area (Å²) in [5.74, 6) is -0.175. The van der Waals surface area contributed by atoms with Gasteiger partial charge in [0.2, 0.25) is 0 Å². The second-order valence-corrected chi connectivity index (χ2v) is 5.33. The maximum atomic E-state index is 12.8. The lowest BCUT2D eigenvalue weighted by molar-refractivity contribution is 0.103. The predicted molar refractivity (Wildman–Crippen MR) is 89.6 cm³/mol. The Morgan fingerprint density at radius 3 is 2.75 bits per heavy atom. The lowest BCUT2D eigenvalue weighted by Gasteiger charge is -2.08. The molecule has 7 nitrogen and oxygen atoms in total. The van der Waals surface area contributed by atoms with Gasteiger partial charge in [0.15, 0.2) is 5.78 Å². The molecule has 0 saturated heterocycles. The van der Waals surface area contributed by atoms with Crippen molar-refractivity contribution in [2.75, 3.05) is 0 Å². The molecule has 0 amide bonds. The van der Waals surface area contributed by atoms with Crippen LogP contribution in [0.3, 0.4) is 0 Å². The van der Waals surface area contributed by atoms with Gasteiger partial charge in [-0.25, -0.2) is 0 Å². The van der Waals surface area contributed by atoms with Crippen molar-refractivity contribution in [3.05, 3.63) is 80.8 Å². The lowest BCUT2D eigenvalue weighted by atomic mass is 9.96. The van der Waals surface area contributed by atoms with Crippen LogP contribution in [0.4, 0.5) is 0 Å². The molecule has 1 N–H and O–H groups in total. The molecule has 2 aromatic carbocycles. The van der Waals surface area contributed by atoms with Crippen molar-refractivity contribution >= 4 is 17.4 Å². The third kappa shape index (κ3) is 3.12. The number of aromatic amines is 1. The molecular formula is C16H11ClN6O. The molecule has 24 heavy (non-hydrogen) atoms. The highest BCUT2D eigenvalue weighted by Crippen LogP contribution is 2.29. The van der Waals surface area contributed by atoms with E-state index in [9.17, 15) is 4.79 Å². The molecule has 0 bridgehead atoms. The molecule has 8 heteroatoms. The highest BCUT2D eigenvalue weighted by Gasteiger charge is 2.19. The van der Waals surface area contributed by atoms with E-state index in [0.29, 0.717) is 33.1 Å². The Kier molecular flexibility index (Phi) is 4.56. The highest BCUT2D eigenvalue weighted by atomic mass is 35.5. The second kappa shape index (κ2) is 6.95. The fourth-order valence-corrected chi connectivity index (χ4v) is 2.51. The second-order valence-electron chi connectivity index (χ2n) is 4.89. The Hall–Kier alpha value is -3.15. The minimum atomic E-state index is -0.175. The molecule has 0 aliphatic heterocycles. The number of halogens is 1. The number of H-pyrrole nitrogens is 1. The molecule has 3 aromatic rings. The normalized spacial score (nSPS) is 10.2. The van der Waals surface area contributed by atoms with Crippen LogP contribution in [0, 0.1) is 0 Å². The minimum absolute atomic E-state index is 0.0317. The molecule has 0 saturated carbocycles. The van der Waals surface area contributed by atoms with E-state index in [1.807, 2.05) is 6.07 Å². The monoisotopic (exact) mass is 338 g/mol. The van der Waals surface area contributed by atoms with E-state index in [0.717, 1.165) is 0 Å². The van der Waals surface area contributed by atoms with Gasteiger partial charge in [-0.2, -0.15) is 15.4 Å². The number of azide groups is 1. The number of benzene rings is 2. The van der Waals surface area contributed by atoms with Gasteiger partial charge in [0, 0.05) is 26.6 Å². The van der Waals surface area contributed by atoms with Crippen LogP contribution in [0.25, 0.3) is 21.7 Å². The van der Waals surface area contributed by atoms with Crippen molar-refractivity contribution < 1.29 is 4.79 Å². The number of nitrogens with zero attached hydrogens (tertiary/aromatic N) is 5. The maximum Gasteiger partial charge on any atom is 0.193 e. The van der Waals surface area contributed by atoms with Crippen molar-refractivity contribution in [2.45, 2.75) is 6.54 Å². The largest absolute Gasteiger partial charge is 0.289 e. The van der Waals surface area contributed by atoms with Crippen LogP contribution in [-0.2, 0) is 6.54 Å². The quantitative estimate of drug-likeness (QED) is 0.326. The summed E-state index contributed by atoms with van der Waals surface area (Å²) >= 11 is 6.07. The van der Waals surface area contributed by atoms with Gasteiger partial charge in [-0.15, -0.1) is 0 Å². The SMILES string of the molecule is [N-]=[N+]=NCc1n[nH]nc1-c1ccc(Cl)cc1C(=O)c1ccccc1. The average Bonchev–Trinajstić information content (AvgIpc) is 3.08. The van der Waals surface area contributed by atoms with E-state index in [2.05, 4.69) is 25.4 Å². The van der Waals surface area contributed by atoms with Crippen molar-refractivity contribution in [1.82, 2.24) is 15.4 Å². The van der Waals surface area contributed by atoms with Crippen LogP contribution in [0.5, 0.6) is 0 Å². The molecule has 0 unspecified atom stereocenters. The van der Waals surface area contributed by atoms with Gasteiger partial charge < -0.3 is 0 Å². The molecule has 0 fully saturated rings. The smallest absolute Gasteiger partial charge is 0.193 e. The summed E-state index contributed by atoms with van der Waals surface area (Å²) in [6, 6.07) is 13.9. The predicted octanol–water partition coefficient (Wildman–Crippen LogP) is 4.17. The van der Waals surface area contributed by atoms with E-state index >= 15 is 0 Å². The first-order valence-electron chi connectivity index (χ1n) is 7.01. The zero-order chi connectivity index (χ0) is 16.9. The fraction of sp³-hybridized carbons (Fsp3) is 0.0625. The van der Waals surface area contributed by atoms with Crippen molar-refractivity contribution in [2.24, 2.45) is 5.11 Å². The molecule has 1 aromatic heterocycles. The van der Waals surface area contributed by atoms with Gasteiger partial charge in [-0.3, -0.25) is 4.79 Å². The van der Waals surface area contributed by atoms with Gasteiger partial charge in [0.25, 0.3) is 0 Å². The lowest BCUT2D eigenvalue weighted by Crippen LogP contribution is -2.04. The molecular weight excluding hydrogens is 328 g/mol. The van der Waals surface area contributed by atoms with Gasteiger partial charge >= 0.3 is 0 Å². The van der Waals surface area contributed by atoms with Gasteiger partial charge in [-0.05, 0) is 17.7 Å². The Bertz CT molecular complexity index is 931. The Morgan fingerprint density at radius 1 is 1.21 bits per heavy atom. The van der Waals surface area contributed by atoms with Crippen LogP contribution in [0.15, 0.2) is 53.6 Å². The van der Waals surface area contributed by atoms with Crippen LogP contribution in [-0.4, -0.2) is 21.2 Å². The van der Waals surface area contributed by atoms with Crippen molar-refractivity contribution in [3.8, 4) is 11.3 Å². The number of hydrogen-bond acceptors (Lipinski definition) is 4. The van der Waals surface area contributed by atoms with Gasteiger partial charge in [0.1, 0.15) is 5.69 Å². The number of ketones is 1. The zero-order valence-corrected chi connectivity index (χ0v) is 13.1. The number of carbonyl (C=O) groups is 1. The Labute approximate surface area is 141 Å². The standard InChI is InChI=1S/C16H11ClN6O/c17-11-6-7-12(15-14(9-19-22-18)20-23-21-15)13(8-11)16(24)10-4-2-1-3-5-10/h1-8H,9H2,(H,20,21,23). The van der Waals surface area contributed by atoms with Crippen molar-refractivity contribution in [3.63, 3.8) is 0 Å². The van der Waals surface area contributed by atoms with Gasteiger partial charge in [0.05, 0.1) is 12.2 Å². The summed E-state index contributed by atoms with van der Waals surface area (Å²) in [7, 11) is 0. The summed E-state index contributed by atoms with van der Waals surface area (Å²) in [4.78, 5) is 15.6. The van der Waals surface area contributed by atoms with E-state index in [4.69, 9.17) is 17.1 Å². The first-order valence-corrected chi connectivity index (χ1v) is 7.38. The minimum Gasteiger partial charge on any atom is -0.289 e. The van der Waals surface area contributed by atoms with Crippen LogP contribution in [0.2, 0.25) is 5.02 Å². The molecule has 118 valence electrons. The molecule has 3 rings (SSSR count). The summed E-state index contributed by atoms with van der Waals surface area (Å²) in [6.07, 6.45) is 0. The first-order chi connectivity index (χ1) is 11.7. The third-order valence-corrected chi connectivity index (χ3v) is 3.66. The first kappa shape index (κ1) is 15.7. The number of hydrogen-bond donors (Lipinski definition) is 1. The summed E-state index contributed by atoms with van der Waals surface area (Å²) in [6.45, 7) is 0.0317. The van der Waals surface area contributed by atoms with Crippen LogP contribution in [0.1, 0.15) is 21.6 Å². The number of carbonyl (C=O) groups excluding carboxylic acids is 1. The van der Waals surface area contributed by atoms with Crippen LogP contribution >= 0.6 is 11.6 Å². The molecule has 0 atom stereocenters. The van der Waals surface area contributed by atoms with E-state index in [-0.39, 0.29) is 12.3 Å². The summed E-state index contributed by atoms with van der Waals surface area (Å²) in [5, 5.41) is 14.5. The Balaban J connectivity index is 2.12. The zero-order valence-electron chi connectivity index (χ0n) is 12.3. The third-order valence-electron chi connectivity index (χ3n) is 3.42. The van der Waals surface area contributed by atoms with Crippen molar-refractivity contribution in [1.29, 1.82) is 0 Å². The molecule has 0 spiro atoms. The number of rotatable bonds is 5. The number of nitrogens with one attached hydrogen (secondary N) is 1. The van der Waals surface area contributed by atoms with E-state index in [1.54, 1.807) is 42.5 Å². The highest BCUT2D eigenvalue weighted by molar-refractivity contribution is 6.31. The van der Waals surface area contributed by atoms with E-state index in [1.165, 1.54) is 0 Å². The fourth-order valence-electron chi connectivity index (χ4n) is 2.33. The number of aromatic nitrogens is 3. The average molecular weight is 339 g/mol. The molecule has 0 aliphatic rings. The van der Waals surface area contributed by atoms with Crippen LogP contribution < -0.4 is 0 Å². The molecule has 0 aliphatic carbocycles. The molecule has 0 radical (unpaired) electrons. The molecule has 1 heterocycles. The van der Waals surface area contributed by atoms with E-state index < -0.39 is 0 Å². The van der Waals surface area contributed by atoms with Gasteiger partial charge in [-0.1, -0.05) is 53.1 Å². The Morgan fingerprint density at radius 2 is 2.00 bits per heavy atom. The maximum absolute atomic E-state index is 12.8. The topological polar surface area (TPSA) is 107 Å². The summed E-state index contributed by atoms with van der Waals surface area (Å²) in [5.41, 5.74) is 10.9.